The summed E-state index contributed by atoms with van der Waals surface area (Å²) < 4.78 is 31.6. The van der Waals surface area contributed by atoms with Crippen molar-refractivity contribution < 1.29 is 13.2 Å². The molecule has 0 saturated carbocycles. The van der Waals surface area contributed by atoms with Crippen LogP contribution < -0.4 is 10.1 Å². The maximum Gasteiger partial charge on any atom is 0.243 e. The molecule has 1 aliphatic rings. The molecule has 100 valence electrons. The Hall–Kier alpha value is -1.11. The lowest BCUT2D eigenvalue weighted by Gasteiger charge is -2.32. The Morgan fingerprint density at radius 1 is 1.44 bits per heavy atom. The molecule has 1 saturated heterocycles. The number of sulfonamides is 1. The van der Waals surface area contributed by atoms with E-state index in [9.17, 15) is 8.42 Å². The number of hydrogen-bond acceptors (Lipinski definition) is 4. The molecule has 6 heteroatoms. The first-order valence-corrected chi connectivity index (χ1v) is 7.36. The van der Waals surface area contributed by atoms with Gasteiger partial charge in [0.2, 0.25) is 10.0 Å². The number of nitrogens with one attached hydrogen (secondary N) is 1. The van der Waals surface area contributed by atoms with E-state index in [0.717, 1.165) is 0 Å². The molecule has 1 aliphatic heterocycles. The van der Waals surface area contributed by atoms with Crippen molar-refractivity contribution in [1.29, 1.82) is 0 Å². The van der Waals surface area contributed by atoms with Crippen molar-refractivity contribution >= 4 is 10.0 Å². The van der Waals surface area contributed by atoms with Crippen LogP contribution in [0.2, 0.25) is 0 Å². The average Bonchev–Trinajstić information content (AvgIpc) is 2.39. The minimum absolute atomic E-state index is 0.0325. The van der Waals surface area contributed by atoms with Gasteiger partial charge < -0.3 is 10.1 Å². The van der Waals surface area contributed by atoms with E-state index in [1.54, 1.807) is 24.3 Å². The molecule has 2 rings (SSSR count). The number of hydrogen-bond donors (Lipinski definition) is 1. The first-order chi connectivity index (χ1) is 8.55. The van der Waals surface area contributed by atoms with Gasteiger partial charge in [0.25, 0.3) is 0 Å². The third-order valence-corrected chi connectivity index (χ3v) is 5.10. The van der Waals surface area contributed by atoms with E-state index >= 15 is 0 Å². The second-order valence-electron chi connectivity index (χ2n) is 4.35. The molecule has 1 heterocycles. The third-order valence-electron chi connectivity index (χ3n) is 3.09. The van der Waals surface area contributed by atoms with E-state index in [1.807, 2.05) is 6.92 Å². The molecule has 1 fully saturated rings. The van der Waals surface area contributed by atoms with Crippen LogP contribution in [0.1, 0.15) is 6.92 Å². The SMILES string of the molecule is COc1cccc(S(=O)(=O)N2CCNC[C@@H]2C)c1. The smallest absolute Gasteiger partial charge is 0.243 e. The number of methoxy groups -OCH3 is 1. The van der Waals surface area contributed by atoms with Crippen molar-refractivity contribution in [1.82, 2.24) is 9.62 Å². The van der Waals surface area contributed by atoms with Crippen LogP contribution in [0.5, 0.6) is 5.75 Å². The van der Waals surface area contributed by atoms with E-state index < -0.39 is 10.0 Å². The van der Waals surface area contributed by atoms with Crippen LogP contribution in [0.4, 0.5) is 0 Å². The largest absolute Gasteiger partial charge is 0.497 e. The number of benzene rings is 1. The fourth-order valence-corrected chi connectivity index (χ4v) is 3.74. The Bertz CT molecular complexity index is 516. The highest BCUT2D eigenvalue weighted by atomic mass is 32.2. The zero-order valence-electron chi connectivity index (χ0n) is 10.6. The topological polar surface area (TPSA) is 58.6 Å². The second kappa shape index (κ2) is 5.26. The van der Waals surface area contributed by atoms with Crippen LogP contribution in [0.25, 0.3) is 0 Å². The van der Waals surface area contributed by atoms with E-state index in [0.29, 0.717) is 25.4 Å². The van der Waals surface area contributed by atoms with Gasteiger partial charge in [-0.25, -0.2) is 8.42 Å². The summed E-state index contributed by atoms with van der Waals surface area (Å²) in [5, 5.41) is 3.18. The maximum atomic E-state index is 12.5. The summed E-state index contributed by atoms with van der Waals surface area (Å²) in [4.78, 5) is 0.288. The molecular formula is C12H18N2O3S. The van der Waals surface area contributed by atoms with Crippen molar-refractivity contribution in [3.05, 3.63) is 24.3 Å². The van der Waals surface area contributed by atoms with E-state index in [1.165, 1.54) is 11.4 Å². The van der Waals surface area contributed by atoms with Gasteiger partial charge in [-0.2, -0.15) is 4.31 Å². The average molecular weight is 270 g/mol. The van der Waals surface area contributed by atoms with E-state index in [2.05, 4.69) is 5.32 Å². The molecule has 0 spiro atoms. The Morgan fingerprint density at radius 3 is 2.89 bits per heavy atom. The quantitative estimate of drug-likeness (QED) is 0.877. The highest BCUT2D eigenvalue weighted by molar-refractivity contribution is 7.89. The van der Waals surface area contributed by atoms with Crippen molar-refractivity contribution in [2.24, 2.45) is 0 Å². The molecule has 1 aromatic carbocycles. The summed E-state index contributed by atoms with van der Waals surface area (Å²) in [6.07, 6.45) is 0. The summed E-state index contributed by atoms with van der Waals surface area (Å²) >= 11 is 0. The number of ether oxygens (including phenoxy) is 1. The molecule has 0 bridgehead atoms. The van der Waals surface area contributed by atoms with Crippen molar-refractivity contribution in [2.75, 3.05) is 26.7 Å². The van der Waals surface area contributed by atoms with Crippen molar-refractivity contribution in [3.8, 4) is 5.75 Å². The normalized spacial score (nSPS) is 21.8. The van der Waals surface area contributed by atoms with Crippen LogP contribution in [0.15, 0.2) is 29.2 Å². The molecule has 1 N–H and O–H groups in total. The molecule has 0 aromatic heterocycles. The highest BCUT2D eigenvalue weighted by Gasteiger charge is 2.30. The molecule has 5 nitrogen and oxygen atoms in total. The molecule has 18 heavy (non-hydrogen) atoms. The lowest BCUT2D eigenvalue weighted by Crippen LogP contribution is -2.52. The van der Waals surface area contributed by atoms with Crippen molar-refractivity contribution in [3.63, 3.8) is 0 Å². The lowest BCUT2D eigenvalue weighted by molar-refractivity contribution is 0.283. The van der Waals surface area contributed by atoms with Gasteiger partial charge >= 0.3 is 0 Å². The van der Waals surface area contributed by atoms with Gasteiger partial charge in [0, 0.05) is 31.7 Å². The Balaban J connectivity index is 2.34. The number of nitrogens with zero attached hydrogens (tertiary/aromatic N) is 1. The predicted molar refractivity (Wildman–Crippen MR) is 69.2 cm³/mol. The third kappa shape index (κ3) is 2.50. The van der Waals surface area contributed by atoms with Crippen LogP contribution in [-0.2, 0) is 10.0 Å². The Kier molecular flexibility index (Phi) is 3.89. The predicted octanol–water partition coefficient (Wildman–Crippen LogP) is 0.678. The van der Waals surface area contributed by atoms with Crippen molar-refractivity contribution in [2.45, 2.75) is 17.9 Å². The van der Waals surface area contributed by atoms with Gasteiger partial charge in [-0.1, -0.05) is 6.07 Å². The minimum Gasteiger partial charge on any atom is -0.497 e. The second-order valence-corrected chi connectivity index (χ2v) is 6.24. The number of rotatable bonds is 3. The van der Waals surface area contributed by atoms with Gasteiger partial charge in [0.05, 0.1) is 12.0 Å². The Labute approximate surface area is 108 Å². The van der Waals surface area contributed by atoms with E-state index in [-0.39, 0.29) is 10.9 Å². The van der Waals surface area contributed by atoms with Crippen LogP contribution >= 0.6 is 0 Å². The minimum atomic E-state index is -3.43. The summed E-state index contributed by atoms with van der Waals surface area (Å²) in [6, 6.07) is 6.56. The van der Waals surface area contributed by atoms with Crippen LogP contribution in [0, 0.1) is 0 Å². The molecule has 1 aromatic rings. The summed E-state index contributed by atoms with van der Waals surface area (Å²) in [6.45, 7) is 3.78. The van der Waals surface area contributed by atoms with Gasteiger partial charge in [-0.15, -0.1) is 0 Å². The first kappa shape index (κ1) is 13.3. The lowest BCUT2D eigenvalue weighted by atomic mass is 10.3. The highest BCUT2D eigenvalue weighted by Crippen LogP contribution is 2.22. The fourth-order valence-electron chi connectivity index (χ4n) is 2.08. The number of piperazine rings is 1. The van der Waals surface area contributed by atoms with Crippen LogP contribution in [-0.4, -0.2) is 45.5 Å². The zero-order valence-corrected chi connectivity index (χ0v) is 11.4. The zero-order chi connectivity index (χ0) is 13.2. The van der Waals surface area contributed by atoms with E-state index in [4.69, 9.17) is 4.74 Å². The molecule has 0 amide bonds. The van der Waals surface area contributed by atoms with Gasteiger partial charge in [-0.05, 0) is 19.1 Å². The summed E-state index contributed by atoms with van der Waals surface area (Å²) in [5.41, 5.74) is 0. The Morgan fingerprint density at radius 2 is 2.22 bits per heavy atom. The fraction of sp³-hybridized carbons (Fsp3) is 0.500. The van der Waals surface area contributed by atoms with Crippen LogP contribution in [0.3, 0.4) is 0 Å². The molecule has 0 unspecified atom stereocenters. The maximum absolute atomic E-state index is 12.5. The van der Waals surface area contributed by atoms with Gasteiger partial charge in [0.1, 0.15) is 5.75 Å². The molecule has 1 atom stereocenters. The van der Waals surface area contributed by atoms with Gasteiger partial charge in [0.15, 0.2) is 0 Å². The monoisotopic (exact) mass is 270 g/mol. The summed E-state index contributed by atoms with van der Waals surface area (Å²) in [5.74, 6) is 0.555. The molecule has 0 radical (unpaired) electrons. The van der Waals surface area contributed by atoms with Gasteiger partial charge in [-0.3, -0.25) is 0 Å². The summed E-state index contributed by atoms with van der Waals surface area (Å²) in [7, 11) is -1.90. The first-order valence-electron chi connectivity index (χ1n) is 5.92. The molecule has 0 aliphatic carbocycles. The standard InChI is InChI=1S/C12H18N2O3S/c1-10-9-13-6-7-14(10)18(15,16)12-5-3-4-11(8-12)17-2/h3-5,8,10,13H,6-7,9H2,1-2H3/t10-/m0/s1. The molecular weight excluding hydrogens is 252 g/mol.